The van der Waals surface area contributed by atoms with Crippen molar-refractivity contribution >= 4 is 17.4 Å². The van der Waals surface area contributed by atoms with E-state index in [1.54, 1.807) is 30.7 Å². The predicted octanol–water partition coefficient (Wildman–Crippen LogP) is 4.50. The summed E-state index contributed by atoms with van der Waals surface area (Å²) in [5, 5.41) is 2.90. The first-order valence-electron chi connectivity index (χ1n) is 13.9. The number of pyridine rings is 2. The van der Waals surface area contributed by atoms with E-state index in [9.17, 15) is 9.59 Å². The largest absolute Gasteiger partial charge is 0.320 e. The predicted molar refractivity (Wildman–Crippen MR) is 141 cm³/mol. The zero-order valence-corrected chi connectivity index (χ0v) is 21.3. The third-order valence-electron chi connectivity index (χ3n) is 8.23. The molecule has 3 aliphatic rings. The number of rotatable bonds is 10. The molecular weight excluding hydrogens is 450 g/mol. The Morgan fingerprint density at radius 1 is 0.972 bits per heavy atom. The molecule has 1 unspecified atom stereocenters. The summed E-state index contributed by atoms with van der Waals surface area (Å²) >= 11 is 0. The number of Topliss-reactive ketones (excluding diaryl/α,β-unsaturated/α-hetero) is 1. The Kier molecular flexibility index (Phi) is 8.39. The number of carbonyl (C=O) groups excluding carboxylic acids is 2. The van der Waals surface area contributed by atoms with Crippen molar-refractivity contribution in [2.45, 2.75) is 63.7 Å². The van der Waals surface area contributed by atoms with E-state index in [0.717, 1.165) is 32.0 Å². The van der Waals surface area contributed by atoms with Gasteiger partial charge in [0, 0.05) is 25.0 Å². The Bertz CT molecular complexity index is 1040. The molecule has 5 rings (SSSR count). The summed E-state index contributed by atoms with van der Waals surface area (Å²) in [6.07, 6.45) is 15.6. The highest BCUT2D eigenvalue weighted by molar-refractivity contribution is 6.09. The molecule has 3 aliphatic heterocycles. The second kappa shape index (κ2) is 12.1. The summed E-state index contributed by atoms with van der Waals surface area (Å²) in [4.78, 5) is 40.0. The van der Waals surface area contributed by atoms with E-state index < -0.39 is 5.92 Å². The average molecular weight is 490 g/mol. The molecule has 192 valence electrons. The third kappa shape index (κ3) is 6.01. The van der Waals surface area contributed by atoms with Crippen LogP contribution in [0.5, 0.6) is 0 Å². The van der Waals surface area contributed by atoms with Gasteiger partial charge in [0.25, 0.3) is 5.91 Å². The van der Waals surface area contributed by atoms with Crippen molar-refractivity contribution in [1.29, 1.82) is 0 Å². The monoisotopic (exact) mass is 489 g/mol. The quantitative estimate of drug-likeness (QED) is 0.495. The van der Waals surface area contributed by atoms with Gasteiger partial charge < -0.3 is 15.1 Å². The molecule has 1 amide bonds. The van der Waals surface area contributed by atoms with Gasteiger partial charge in [-0.25, -0.2) is 0 Å². The lowest BCUT2D eigenvalue weighted by atomic mass is 9.87. The second-order valence-corrected chi connectivity index (χ2v) is 10.7. The summed E-state index contributed by atoms with van der Waals surface area (Å²) in [6.45, 7) is 7.15. The molecule has 2 fully saturated rings. The van der Waals surface area contributed by atoms with E-state index in [2.05, 4.69) is 25.1 Å². The Hall–Kier alpha value is -2.64. The van der Waals surface area contributed by atoms with Crippen LogP contribution < -0.4 is 5.32 Å². The minimum Gasteiger partial charge on any atom is -0.320 e. The Morgan fingerprint density at radius 3 is 2.58 bits per heavy atom. The number of amides is 1. The van der Waals surface area contributed by atoms with E-state index in [4.69, 9.17) is 0 Å². The van der Waals surface area contributed by atoms with Gasteiger partial charge in [0.1, 0.15) is 5.78 Å². The van der Waals surface area contributed by atoms with Crippen molar-refractivity contribution in [3.05, 3.63) is 53.6 Å². The second-order valence-electron chi connectivity index (χ2n) is 10.7. The molecule has 5 heterocycles. The molecule has 7 nitrogen and oxygen atoms in total. The van der Waals surface area contributed by atoms with Crippen molar-refractivity contribution < 1.29 is 9.59 Å². The maximum atomic E-state index is 13.5. The van der Waals surface area contributed by atoms with Crippen LogP contribution in [0.2, 0.25) is 0 Å². The molecule has 2 aromatic rings. The number of unbranched alkanes of at least 4 members (excludes halogenated alkanes) is 1. The van der Waals surface area contributed by atoms with Crippen LogP contribution in [0.4, 0.5) is 5.69 Å². The van der Waals surface area contributed by atoms with Gasteiger partial charge in [0.05, 0.1) is 22.9 Å². The summed E-state index contributed by atoms with van der Waals surface area (Å²) in [5.41, 5.74) is 2.40. The molecule has 0 saturated carbocycles. The number of carbonyl (C=O) groups is 2. The summed E-state index contributed by atoms with van der Waals surface area (Å²) in [6, 6.07) is 5.39. The standard InChI is InChI=1S/C29H39N5O2/c35-26(27-23-10-14-30-21-24(23)29(36)32-25-8-5-13-31-28(25)27)9-6-18-34-19-11-22(12-20-34)7-1-2-15-33-16-3-4-17-33/h5,8,10,13-14,21-22,27H,1-4,6-7,9,11-12,15-20H2,(H,32,36). The van der Waals surface area contributed by atoms with Gasteiger partial charge in [-0.3, -0.25) is 19.6 Å². The molecular formula is C29H39N5O2. The Morgan fingerprint density at radius 2 is 1.75 bits per heavy atom. The highest BCUT2D eigenvalue weighted by Gasteiger charge is 2.33. The van der Waals surface area contributed by atoms with Gasteiger partial charge in [0.2, 0.25) is 0 Å². The number of nitrogens with zero attached hydrogens (tertiary/aromatic N) is 4. The molecule has 7 heteroatoms. The zero-order valence-electron chi connectivity index (χ0n) is 21.3. The lowest BCUT2D eigenvalue weighted by Crippen LogP contribution is -2.34. The SMILES string of the molecule is O=C1Nc2cccnc2C(C(=O)CCCN2CCC(CCCCN3CCCC3)CC2)c2ccncc21. The fourth-order valence-corrected chi connectivity index (χ4v) is 6.16. The molecule has 0 spiro atoms. The summed E-state index contributed by atoms with van der Waals surface area (Å²) < 4.78 is 0. The van der Waals surface area contributed by atoms with Crippen LogP contribution in [0.15, 0.2) is 36.8 Å². The number of piperidine rings is 1. The molecule has 2 aromatic heterocycles. The maximum Gasteiger partial charge on any atom is 0.257 e. The number of fused-ring (bicyclic) bond motifs is 2. The molecule has 0 aromatic carbocycles. The van der Waals surface area contributed by atoms with E-state index in [1.807, 2.05) is 6.07 Å². The zero-order chi connectivity index (χ0) is 24.7. The number of hydrogen-bond acceptors (Lipinski definition) is 6. The third-order valence-corrected chi connectivity index (χ3v) is 8.23. The minimum atomic E-state index is -0.538. The van der Waals surface area contributed by atoms with Gasteiger partial charge in [-0.2, -0.15) is 0 Å². The molecule has 1 atom stereocenters. The van der Waals surface area contributed by atoms with E-state index in [0.29, 0.717) is 28.9 Å². The molecule has 0 radical (unpaired) electrons. The number of aromatic nitrogens is 2. The first-order chi connectivity index (χ1) is 17.7. The number of nitrogens with one attached hydrogen (secondary N) is 1. The van der Waals surface area contributed by atoms with Crippen molar-refractivity contribution in [2.24, 2.45) is 5.92 Å². The topological polar surface area (TPSA) is 78.4 Å². The van der Waals surface area contributed by atoms with Crippen LogP contribution in [-0.4, -0.2) is 70.7 Å². The van der Waals surface area contributed by atoms with Crippen molar-refractivity contribution in [3.63, 3.8) is 0 Å². The Labute approximate surface area is 214 Å². The minimum absolute atomic E-state index is 0.117. The summed E-state index contributed by atoms with van der Waals surface area (Å²) in [7, 11) is 0. The van der Waals surface area contributed by atoms with E-state index in [-0.39, 0.29) is 11.7 Å². The molecule has 36 heavy (non-hydrogen) atoms. The van der Waals surface area contributed by atoms with Crippen LogP contribution in [0.3, 0.4) is 0 Å². The first-order valence-corrected chi connectivity index (χ1v) is 13.9. The van der Waals surface area contributed by atoms with Crippen molar-refractivity contribution in [3.8, 4) is 0 Å². The van der Waals surface area contributed by atoms with Crippen LogP contribution >= 0.6 is 0 Å². The van der Waals surface area contributed by atoms with Gasteiger partial charge in [-0.05, 0) is 107 Å². The van der Waals surface area contributed by atoms with Crippen LogP contribution in [-0.2, 0) is 4.79 Å². The van der Waals surface area contributed by atoms with Gasteiger partial charge in [-0.15, -0.1) is 0 Å². The van der Waals surface area contributed by atoms with Crippen molar-refractivity contribution in [2.75, 3.05) is 44.6 Å². The van der Waals surface area contributed by atoms with Crippen LogP contribution in [0, 0.1) is 5.92 Å². The van der Waals surface area contributed by atoms with Crippen LogP contribution in [0.25, 0.3) is 0 Å². The van der Waals surface area contributed by atoms with Gasteiger partial charge in [0.15, 0.2) is 0 Å². The van der Waals surface area contributed by atoms with Crippen LogP contribution in [0.1, 0.15) is 85.3 Å². The molecule has 0 bridgehead atoms. The molecule has 2 saturated heterocycles. The van der Waals surface area contributed by atoms with E-state index >= 15 is 0 Å². The smallest absolute Gasteiger partial charge is 0.257 e. The Balaban J connectivity index is 1.09. The molecule has 1 N–H and O–H groups in total. The lowest BCUT2D eigenvalue weighted by molar-refractivity contribution is -0.119. The lowest BCUT2D eigenvalue weighted by Gasteiger charge is -2.32. The van der Waals surface area contributed by atoms with Gasteiger partial charge in [-0.1, -0.05) is 12.8 Å². The molecule has 0 aliphatic carbocycles. The average Bonchev–Trinajstić information content (AvgIpc) is 3.38. The fraction of sp³-hybridized carbons (Fsp3) is 0.586. The number of hydrogen-bond donors (Lipinski definition) is 1. The number of anilines is 1. The highest BCUT2D eigenvalue weighted by Crippen LogP contribution is 2.35. The number of ketones is 1. The maximum absolute atomic E-state index is 13.5. The fourth-order valence-electron chi connectivity index (χ4n) is 6.16. The highest BCUT2D eigenvalue weighted by atomic mass is 16.2. The number of likely N-dealkylation sites (tertiary alicyclic amines) is 2. The summed E-state index contributed by atoms with van der Waals surface area (Å²) in [5.74, 6) is 0.211. The first kappa shape index (κ1) is 25.0. The van der Waals surface area contributed by atoms with E-state index in [1.165, 1.54) is 64.6 Å². The van der Waals surface area contributed by atoms with Gasteiger partial charge >= 0.3 is 0 Å². The van der Waals surface area contributed by atoms with Crippen molar-refractivity contribution in [1.82, 2.24) is 19.8 Å². The normalized spacial score (nSPS) is 21.0.